The zero-order chi connectivity index (χ0) is 42.7. The summed E-state index contributed by atoms with van der Waals surface area (Å²) in [5.74, 6) is 0.0879. The number of cyclic esters (lactones) is 1. The zero-order valence-corrected chi connectivity index (χ0v) is 40.1. The third kappa shape index (κ3) is 11.1. The summed E-state index contributed by atoms with van der Waals surface area (Å²) < 4.78 is 68.3. The van der Waals surface area contributed by atoms with Gasteiger partial charge in [0, 0.05) is 36.9 Å². The van der Waals surface area contributed by atoms with Crippen molar-refractivity contribution in [3.05, 3.63) is 70.8 Å². The van der Waals surface area contributed by atoms with Gasteiger partial charge in [-0.2, -0.15) is 5.10 Å². The van der Waals surface area contributed by atoms with Gasteiger partial charge in [-0.25, -0.2) is 10.2 Å². The van der Waals surface area contributed by atoms with Crippen molar-refractivity contribution in [2.45, 2.75) is 29.9 Å². The normalized spacial score (nSPS) is 21.6. The van der Waals surface area contributed by atoms with E-state index in [0.29, 0.717) is 63.2 Å². The largest absolute Gasteiger partial charge is 1.00 e. The third-order valence-electron chi connectivity index (χ3n) is 10.3. The number of aliphatic hydroxyl groups is 1. The molecular weight excluding hydrogens is 866 g/mol. The first kappa shape index (κ1) is 50.7. The monoisotopic (exact) mass is 909 g/mol. The second kappa shape index (κ2) is 21.2. The van der Waals surface area contributed by atoms with Crippen LogP contribution in [0.1, 0.15) is 47.1 Å². The number of ether oxygens (including phenoxy) is 8. The molecule has 4 N–H and O–H groups in total. The average Bonchev–Trinajstić information content (AvgIpc) is 3.82. The molecule has 1 aliphatic carbocycles. The fourth-order valence-electron chi connectivity index (χ4n) is 7.35. The molecular formula is C37H43N3Na2O17P2. The molecule has 24 heteroatoms. The van der Waals surface area contributed by atoms with Gasteiger partial charge in [0.25, 0.3) is 0 Å². The van der Waals surface area contributed by atoms with Crippen LogP contribution in [-0.4, -0.2) is 105 Å². The number of benzene rings is 3. The first-order valence-electron chi connectivity index (χ1n) is 18.1. The number of hydrogen-bond donors (Lipinski definition) is 4. The second-order valence-electron chi connectivity index (χ2n) is 13.9. The van der Waals surface area contributed by atoms with Gasteiger partial charge in [-0.3, -0.25) is 4.79 Å². The number of hydrogen-bond acceptors (Lipinski definition) is 17. The summed E-state index contributed by atoms with van der Waals surface area (Å²) in [5, 5.41) is 10.3. The molecule has 61 heavy (non-hydrogen) atoms. The van der Waals surface area contributed by atoms with Gasteiger partial charge < -0.3 is 76.6 Å². The topological polar surface area (TPSA) is 277 Å². The number of carbonyl (C=O) groups excluding carboxylic acids is 2. The van der Waals surface area contributed by atoms with Crippen molar-refractivity contribution < 1.29 is 140 Å². The smallest absolute Gasteiger partial charge is 0.776 e. The number of hydrazone groups is 1. The molecule has 1 fully saturated rings. The predicted molar refractivity (Wildman–Crippen MR) is 202 cm³/mol. The maximum atomic E-state index is 13.5. The first-order chi connectivity index (χ1) is 28.0. The molecule has 320 valence electrons. The zero-order valence-electron chi connectivity index (χ0n) is 34.3. The van der Waals surface area contributed by atoms with Crippen LogP contribution in [0, 0.1) is 11.8 Å². The molecule has 20 nitrogen and oxygen atoms in total. The van der Waals surface area contributed by atoms with E-state index in [9.17, 15) is 43.4 Å². The van der Waals surface area contributed by atoms with Crippen molar-refractivity contribution in [1.82, 2.24) is 10.3 Å². The molecule has 6 atom stereocenters. The maximum Gasteiger partial charge on any atom is 1.00 e. The Balaban J connectivity index is 0.00000410. The molecule has 0 spiro atoms. The molecule has 2 heterocycles. The number of methoxy groups -OCH3 is 3. The summed E-state index contributed by atoms with van der Waals surface area (Å²) in [6.07, 6.45) is -1.07. The predicted octanol–water partition coefficient (Wildman–Crippen LogP) is -3.99. The molecule has 0 bridgehead atoms. The molecule has 1 amide bonds. The summed E-state index contributed by atoms with van der Waals surface area (Å²) in [6, 6.07) is 13.8. The number of amides is 1. The Morgan fingerprint density at radius 2 is 1.61 bits per heavy atom. The van der Waals surface area contributed by atoms with Gasteiger partial charge in [-0.05, 0) is 66.6 Å². The maximum absolute atomic E-state index is 13.5. The summed E-state index contributed by atoms with van der Waals surface area (Å²) in [5.41, 5.74) is 4.83. The van der Waals surface area contributed by atoms with E-state index in [1.54, 1.807) is 48.5 Å². The molecule has 1 saturated heterocycles. The van der Waals surface area contributed by atoms with E-state index in [0.717, 1.165) is 0 Å². The Morgan fingerprint density at radius 3 is 2.21 bits per heavy atom. The van der Waals surface area contributed by atoms with Crippen molar-refractivity contribution in [1.29, 1.82) is 0 Å². The average molecular weight is 910 g/mol. The molecule has 3 aliphatic rings. The molecule has 2 aliphatic heterocycles. The van der Waals surface area contributed by atoms with Gasteiger partial charge in [0.2, 0.25) is 12.5 Å². The van der Waals surface area contributed by atoms with E-state index in [1.807, 2.05) is 0 Å². The van der Waals surface area contributed by atoms with Gasteiger partial charge >= 0.3 is 71.2 Å². The van der Waals surface area contributed by atoms with Crippen LogP contribution in [0.3, 0.4) is 0 Å². The van der Waals surface area contributed by atoms with Crippen molar-refractivity contribution >= 4 is 33.5 Å². The molecule has 3 aromatic carbocycles. The molecule has 0 aromatic heterocycles. The fraction of sp³-hybridized carbons (Fsp3) is 0.432. The molecule has 6 rings (SSSR count). The van der Waals surface area contributed by atoms with Gasteiger partial charge in [0.05, 0.1) is 46.7 Å². The first-order valence-corrected chi connectivity index (χ1v) is 21.3. The van der Waals surface area contributed by atoms with E-state index in [4.69, 9.17) is 37.9 Å². The number of esters is 1. The molecule has 0 radical (unpaired) electrons. The van der Waals surface area contributed by atoms with Crippen LogP contribution in [-0.2, 0) is 23.4 Å². The quantitative estimate of drug-likeness (QED) is 0.0251. The van der Waals surface area contributed by atoms with Crippen LogP contribution < -0.4 is 103 Å². The fourth-order valence-corrected chi connectivity index (χ4v) is 9.39. The Kier molecular flexibility index (Phi) is 17.6. The Labute approximate surface area is 395 Å². The van der Waals surface area contributed by atoms with Crippen molar-refractivity contribution in [3.63, 3.8) is 0 Å². The molecule has 2 unspecified atom stereocenters. The van der Waals surface area contributed by atoms with Crippen LogP contribution in [0.15, 0.2) is 53.6 Å². The van der Waals surface area contributed by atoms with Crippen LogP contribution >= 0.6 is 15.2 Å². The summed E-state index contributed by atoms with van der Waals surface area (Å²) in [7, 11) is -5.70. The van der Waals surface area contributed by atoms with Crippen LogP contribution in [0.5, 0.6) is 34.5 Å². The number of nitrogens with one attached hydrogen (secondary N) is 1. The minimum Gasteiger partial charge on any atom is -0.776 e. The Bertz CT molecular complexity index is 2140. The third-order valence-corrected chi connectivity index (χ3v) is 14.1. The number of nitrogens with zero attached hydrogens (tertiary/aromatic N) is 2. The van der Waals surface area contributed by atoms with Crippen molar-refractivity contribution in [3.8, 4) is 34.5 Å². The van der Waals surface area contributed by atoms with E-state index in [-0.39, 0.29) is 92.2 Å². The van der Waals surface area contributed by atoms with E-state index < -0.39 is 62.6 Å². The number of fused-ring (bicyclic) bond motifs is 3. The standard InChI is InChI=1S/C37H45N3O17P2.2Na/c1-40(11-9-37(43,58(44,45)46)59(47,48)49)10-6-12-53-23-8-5-7-21(13-23)18-38-39-36(42)57-33-25-17-28-27(55-20-56-28)16-24(25)31(32-26(33)19-54-35(32)41)22-14-29(50-2)34(52-4)30(15-22)51-3;;/h5,7-8,13-18,26,31-33,43H,6,9-12,19-20H2,1-4H3,(H,39,42)(H2,44,45,46)(H2,47,48,49);;/q;2*+1/p-2/b38-18+;;/t26-,31+,32-,33-;;/m0../s1. The number of rotatable bonds is 17. The molecule has 0 saturated carbocycles. The SMILES string of the molecule is COc1cc([C@@H]2c3cc4c(cc3[C@H](OC(=O)N/N=C/c3cccc(OCCCN(C)CCC(O)(P(=O)([O-])O)P(=O)([O-])O)c3)[C@H]3COC(=O)[C@H]23)OCO4)cc(OC)c1OC.[Na+].[Na+]. The van der Waals surface area contributed by atoms with Gasteiger partial charge in [0.1, 0.15) is 11.9 Å². The van der Waals surface area contributed by atoms with Gasteiger partial charge in [-0.1, -0.05) is 12.1 Å². The summed E-state index contributed by atoms with van der Waals surface area (Å²) in [6.45, 7) is 0.128. The van der Waals surface area contributed by atoms with Crippen molar-refractivity contribution in [2.24, 2.45) is 16.9 Å². The Morgan fingerprint density at radius 1 is 0.967 bits per heavy atom. The summed E-state index contributed by atoms with van der Waals surface area (Å²) in [4.78, 5) is 69.5. The minimum absolute atomic E-state index is 0. The second-order valence-corrected chi connectivity index (χ2v) is 17.8. The Hall–Kier alpha value is -2.91. The van der Waals surface area contributed by atoms with Crippen LogP contribution in [0.4, 0.5) is 4.79 Å². The minimum atomic E-state index is -5.85. The van der Waals surface area contributed by atoms with Gasteiger partial charge in [-0.15, -0.1) is 0 Å². The summed E-state index contributed by atoms with van der Waals surface area (Å²) >= 11 is 0. The molecule has 3 aromatic rings. The van der Waals surface area contributed by atoms with E-state index in [2.05, 4.69) is 10.5 Å². The van der Waals surface area contributed by atoms with E-state index in [1.165, 1.54) is 39.5 Å². The van der Waals surface area contributed by atoms with E-state index >= 15 is 0 Å². The van der Waals surface area contributed by atoms with Crippen LogP contribution in [0.2, 0.25) is 0 Å². The van der Waals surface area contributed by atoms with Crippen molar-refractivity contribution in [2.75, 3.05) is 61.5 Å². The van der Waals surface area contributed by atoms with Gasteiger partial charge in [0.15, 0.2) is 43.3 Å². The number of carbonyl (C=O) groups is 2. The van der Waals surface area contributed by atoms with Crippen LogP contribution in [0.25, 0.3) is 0 Å².